The summed E-state index contributed by atoms with van der Waals surface area (Å²) in [6.07, 6.45) is 7.25. The number of fused-ring (bicyclic) bond motifs is 3. The zero-order valence-electron chi connectivity index (χ0n) is 11.0. The van der Waals surface area contributed by atoms with Gasteiger partial charge in [0.05, 0.1) is 11.7 Å². The van der Waals surface area contributed by atoms with Crippen molar-refractivity contribution in [2.45, 2.75) is 18.4 Å². The highest BCUT2D eigenvalue weighted by Gasteiger charge is 2.38. The summed E-state index contributed by atoms with van der Waals surface area (Å²) in [7, 11) is 0. The van der Waals surface area contributed by atoms with Crippen molar-refractivity contribution in [1.82, 2.24) is 4.98 Å². The molecule has 100 valence electrons. The molecule has 3 atom stereocenters. The molecule has 0 amide bonds. The lowest BCUT2D eigenvalue weighted by Crippen LogP contribution is -2.29. The molecule has 0 saturated carbocycles. The van der Waals surface area contributed by atoms with E-state index in [1.807, 2.05) is 24.4 Å². The molecule has 0 fully saturated rings. The first-order valence-electron chi connectivity index (χ1n) is 6.96. The van der Waals surface area contributed by atoms with E-state index in [1.165, 1.54) is 6.07 Å². The second-order valence-corrected chi connectivity index (χ2v) is 5.46. The molecule has 2 nitrogen and oxygen atoms in total. The van der Waals surface area contributed by atoms with Crippen molar-refractivity contribution in [3.8, 4) is 0 Å². The first-order chi connectivity index (χ1) is 9.83. The zero-order chi connectivity index (χ0) is 13.5. The molecule has 0 unspecified atom stereocenters. The number of pyridine rings is 1. The molecule has 0 spiro atoms. The molecular weight excluding hydrogens is 251 g/mol. The minimum Gasteiger partial charge on any atom is -0.376 e. The van der Waals surface area contributed by atoms with Gasteiger partial charge in [0.15, 0.2) is 0 Å². The van der Waals surface area contributed by atoms with Gasteiger partial charge in [0.1, 0.15) is 5.82 Å². The molecular formula is C17H15FN2. The van der Waals surface area contributed by atoms with Gasteiger partial charge in [-0.05, 0) is 48.2 Å². The summed E-state index contributed by atoms with van der Waals surface area (Å²) >= 11 is 0. The third-order valence-corrected chi connectivity index (χ3v) is 4.33. The Balaban J connectivity index is 1.80. The second-order valence-electron chi connectivity index (χ2n) is 5.46. The topological polar surface area (TPSA) is 24.9 Å². The van der Waals surface area contributed by atoms with Gasteiger partial charge in [0.2, 0.25) is 0 Å². The number of halogens is 1. The van der Waals surface area contributed by atoms with Crippen molar-refractivity contribution in [2.75, 3.05) is 5.32 Å². The molecule has 2 aliphatic rings. The van der Waals surface area contributed by atoms with Crippen LogP contribution in [-0.4, -0.2) is 4.98 Å². The van der Waals surface area contributed by atoms with Crippen molar-refractivity contribution >= 4 is 5.69 Å². The summed E-state index contributed by atoms with van der Waals surface area (Å²) in [6.45, 7) is 0. The number of nitrogens with zero attached hydrogens (tertiary/aromatic N) is 1. The molecule has 0 saturated heterocycles. The predicted octanol–water partition coefficient (Wildman–Crippen LogP) is 4.05. The third kappa shape index (κ3) is 1.73. The number of anilines is 1. The molecule has 2 aromatic rings. The van der Waals surface area contributed by atoms with Crippen LogP contribution in [0, 0.1) is 11.7 Å². The Morgan fingerprint density at radius 3 is 3.00 bits per heavy atom. The molecule has 1 aromatic heterocycles. The van der Waals surface area contributed by atoms with Gasteiger partial charge in [0.25, 0.3) is 0 Å². The minimum absolute atomic E-state index is 0.166. The largest absolute Gasteiger partial charge is 0.376 e. The number of hydrogen-bond donors (Lipinski definition) is 1. The highest BCUT2D eigenvalue weighted by molar-refractivity contribution is 5.59. The van der Waals surface area contributed by atoms with Crippen molar-refractivity contribution in [3.63, 3.8) is 0 Å². The summed E-state index contributed by atoms with van der Waals surface area (Å²) in [5, 5.41) is 3.54. The van der Waals surface area contributed by atoms with Gasteiger partial charge in [-0.15, -0.1) is 0 Å². The maximum atomic E-state index is 13.5. The van der Waals surface area contributed by atoms with Gasteiger partial charge < -0.3 is 5.32 Å². The summed E-state index contributed by atoms with van der Waals surface area (Å²) in [5.74, 6) is 0.536. The molecule has 0 radical (unpaired) electrons. The maximum Gasteiger partial charge on any atom is 0.123 e. The number of nitrogens with one attached hydrogen (secondary N) is 1. The standard InChI is InChI=1S/C17H15FN2/c18-11-7-8-15-14(10-11)12-4-3-5-13(12)17(20-15)16-6-1-2-9-19-16/h1-4,6-10,12-13,17,20H,5H2/t12-,13+,17-/m0/s1. The van der Waals surface area contributed by atoms with Crippen molar-refractivity contribution in [3.05, 3.63) is 71.8 Å². The van der Waals surface area contributed by atoms with Gasteiger partial charge in [-0.2, -0.15) is 0 Å². The van der Waals surface area contributed by atoms with Gasteiger partial charge >= 0.3 is 0 Å². The number of aromatic nitrogens is 1. The van der Waals surface area contributed by atoms with Crippen LogP contribution in [0.2, 0.25) is 0 Å². The van der Waals surface area contributed by atoms with E-state index in [1.54, 1.807) is 6.07 Å². The molecule has 1 aliphatic heterocycles. The molecule has 3 heteroatoms. The highest BCUT2D eigenvalue weighted by Crippen LogP contribution is 2.49. The van der Waals surface area contributed by atoms with Crippen LogP contribution < -0.4 is 5.32 Å². The lowest BCUT2D eigenvalue weighted by molar-refractivity contribution is 0.417. The number of hydrogen-bond acceptors (Lipinski definition) is 2. The normalized spacial score (nSPS) is 26.8. The van der Waals surface area contributed by atoms with E-state index in [0.29, 0.717) is 5.92 Å². The number of benzene rings is 1. The van der Waals surface area contributed by atoms with Crippen LogP contribution >= 0.6 is 0 Å². The van der Waals surface area contributed by atoms with Crippen molar-refractivity contribution < 1.29 is 4.39 Å². The first-order valence-corrected chi connectivity index (χ1v) is 6.96. The molecule has 1 aromatic carbocycles. The van der Waals surface area contributed by atoms with Gasteiger partial charge in [0, 0.05) is 17.8 Å². The Morgan fingerprint density at radius 2 is 2.15 bits per heavy atom. The second kappa shape index (κ2) is 4.44. The fraction of sp³-hybridized carbons (Fsp3) is 0.235. The summed E-state index contributed by atoms with van der Waals surface area (Å²) < 4.78 is 13.5. The van der Waals surface area contributed by atoms with Crippen molar-refractivity contribution in [1.29, 1.82) is 0 Å². The van der Waals surface area contributed by atoms with E-state index in [4.69, 9.17) is 0 Å². The zero-order valence-corrected chi connectivity index (χ0v) is 11.0. The van der Waals surface area contributed by atoms with E-state index in [9.17, 15) is 4.39 Å². The van der Waals surface area contributed by atoms with Crippen LogP contribution in [0.25, 0.3) is 0 Å². The van der Waals surface area contributed by atoms with Crippen LogP contribution in [0.4, 0.5) is 10.1 Å². The quantitative estimate of drug-likeness (QED) is 0.788. The molecule has 0 bridgehead atoms. The Bertz CT molecular complexity index is 666. The van der Waals surface area contributed by atoms with E-state index < -0.39 is 0 Å². The fourth-order valence-electron chi connectivity index (χ4n) is 3.42. The highest BCUT2D eigenvalue weighted by atomic mass is 19.1. The average Bonchev–Trinajstić information content (AvgIpc) is 2.97. The van der Waals surface area contributed by atoms with E-state index in [-0.39, 0.29) is 17.8 Å². The number of rotatable bonds is 1. The monoisotopic (exact) mass is 266 g/mol. The lowest BCUT2D eigenvalue weighted by Gasteiger charge is -2.36. The molecule has 1 aliphatic carbocycles. The molecule has 1 N–H and O–H groups in total. The average molecular weight is 266 g/mol. The summed E-state index contributed by atoms with van der Waals surface area (Å²) in [5.41, 5.74) is 3.15. The first kappa shape index (κ1) is 11.6. The Labute approximate surface area is 117 Å². The molecule has 20 heavy (non-hydrogen) atoms. The smallest absolute Gasteiger partial charge is 0.123 e. The molecule has 4 rings (SSSR count). The van der Waals surface area contributed by atoms with Crippen LogP contribution in [0.3, 0.4) is 0 Å². The summed E-state index contributed by atoms with van der Waals surface area (Å²) in [4.78, 5) is 4.49. The minimum atomic E-state index is -0.166. The van der Waals surface area contributed by atoms with Crippen LogP contribution in [0.15, 0.2) is 54.7 Å². The SMILES string of the molecule is Fc1ccc2c(c1)[C@H]1C=CC[C@H]1[C@@H](c1ccccn1)N2. The summed E-state index contributed by atoms with van der Waals surface area (Å²) in [6, 6.07) is 11.2. The van der Waals surface area contributed by atoms with Crippen molar-refractivity contribution in [2.24, 2.45) is 5.92 Å². The molecule has 2 heterocycles. The predicted molar refractivity (Wildman–Crippen MR) is 77.0 cm³/mol. The van der Waals surface area contributed by atoms with E-state index >= 15 is 0 Å². The Hall–Kier alpha value is -2.16. The Morgan fingerprint density at radius 1 is 1.20 bits per heavy atom. The third-order valence-electron chi connectivity index (χ3n) is 4.33. The van der Waals surface area contributed by atoms with Crippen LogP contribution in [0.5, 0.6) is 0 Å². The van der Waals surface area contributed by atoms with E-state index in [2.05, 4.69) is 28.5 Å². The fourth-order valence-corrected chi connectivity index (χ4v) is 3.42. The van der Waals surface area contributed by atoms with Crippen LogP contribution in [-0.2, 0) is 0 Å². The number of allylic oxidation sites excluding steroid dienone is 2. The maximum absolute atomic E-state index is 13.5. The Kier molecular flexibility index (Phi) is 2.59. The lowest BCUT2D eigenvalue weighted by atomic mass is 9.78. The van der Waals surface area contributed by atoms with Crippen LogP contribution in [0.1, 0.15) is 29.6 Å². The van der Waals surface area contributed by atoms with Gasteiger partial charge in [-0.25, -0.2) is 4.39 Å². The van der Waals surface area contributed by atoms with E-state index in [0.717, 1.165) is 23.4 Å². The van der Waals surface area contributed by atoms with Gasteiger partial charge in [-0.1, -0.05) is 18.2 Å². The van der Waals surface area contributed by atoms with Gasteiger partial charge in [-0.3, -0.25) is 4.98 Å².